The van der Waals surface area contributed by atoms with Gasteiger partial charge < -0.3 is 19.7 Å². The SMILES string of the molecule is CCCCCC(=O)C=CC1CC(OC2CCCCO2)C(O)C1CCCCCCCO. The Morgan fingerprint density at radius 3 is 2.63 bits per heavy atom. The van der Waals surface area contributed by atoms with Crippen molar-refractivity contribution in [2.24, 2.45) is 11.8 Å². The van der Waals surface area contributed by atoms with Crippen molar-refractivity contribution in [2.45, 2.75) is 115 Å². The first kappa shape index (κ1) is 25.5. The Morgan fingerprint density at radius 1 is 1.10 bits per heavy atom. The fourth-order valence-electron chi connectivity index (χ4n) is 4.75. The second-order valence-corrected chi connectivity index (χ2v) is 9.09. The molecule has 1 saturated heterocycles. The Kier molecular flexibility index (Phi) is 12.9. The number of ether oxygens (including phenoxy) is 2. The molecule has 174 valence electrons. The molecule has 0 spiro atoms. The van der Waals surface area contributed by atoms with Gasteiger partial charge in [0.2, 0.25) is 0 Å². The van der Waals surface area contributed by atoms with Crippen LogP contribution >= 0.6 is 0 Å². The van der Waals surface area contributed by atoms with Crippen molar-refractivity contribution in [2.75, 3.05) is 13.2 Å². The first-order valence-corrected chi connectivity index (χ1v) is 12.4. The third kappa shape index (κ3) is 9.17. The second-order valence-electron chi connectivity index (χ2n) is 9.09. The molecule has 30 heavy (non-hydrogen) atoms. The minimum absolute atomic E-state index is 0.135. The molecule has 0 radical (unpaired) electrons. The summed E-state index contributed by atoms with van der Waals surface area (Å²) in [5.41, 5.74) is 0. The van der Waals surface area contributed by atoms with Crippen LogP contribution < -0.4 is 0 Å². The molecule has 2 N–H and O–H groups in total. The Bertz CT molecular complexity index is 486. The van der Waals surface area contributed by atoms with Crippen molar-refractivity contribution in [3.63, 3.8) is 0 Å². The van der Waals surface area contributed by atoms with Gasteiger partial charge in [-0.05, 0) is 62.9 Å². The molecule has 5 nitrogen and oxygen atoms in total. The first-order valence-electron chi connectivity index (χ1n) is 12.4. The number of ketones is 1. The molecular weight excluding hydrogens is 380 g/mol. The van der Waals surface area contributed by atoms with Crippen LogP contribution in [0.2, 0.25) is 0 Å². The maximum atomic E-state index is 12.2. The summed E-state index contributed by atoms with van der Waals surface area (Å²) in [4.78, 5) is 12.2. The van der Waals surface area contributed by atoms with Crippen LogP contribution in [0.5, 0.6) is 0 Å². The van der Waals surface area contributed by atoms with E-state index in [0.717, 1.165) is 90.1 Å². The lowest BCUT2D eigenvalue weighted by Gasteiger charge is -2.28. The maximum absolute atomic E-state index is 12.2. The zero-order chi connectivity index (χ0) is 21.6. The molecule has 2 fully saturated rings. The predicted octanol–water partition coefficient (Wildman–Crippen LogP) is 4.93. The molecule has 0 bridgehead atoms. The highest BCUT2D eigenvalue weighted by Crippen LogP contribution is 2.39. The van der Waals surface area contributed by atoms with Crippen molar-refractivity contribution in [3.05, 3.63) is 12.2 Å². The monoisotopic (exact) mass is 424 g/mol. The van der Waals surface area contributed by atoms with Crippen LogP contribution in [-0.4, -0.2) is 47.7 Å². The smallest absolute Gasteiger partial charge is 0.158 e. The second kappa shape index (κ2) is 15.1. The number of hydrogen-bond acceptors (Lipinski definition) is 5. The van der Waals surface area contributed by atoms with Gasteiger partial charge in [-0.15, -0.1) is 0 Å². The van der Waals surface area contributed by atoms with Gasteiger partial charge in [-0.1, -0.05) is 51.5 Å². The van der Waals surface area contributed by atoms with E-state index in [1.54, 1.807) is 6.08 Å². The summed E-state index contributed by atoms with van der Waals surface area (Å²) >= 11 is 0. The number of hydrogen-bond donors (Lipinski definition) is 2. The van der Waals surface area contributed by atoms with Gasteiger partial charge in [0.05, 0.1) is 12.2 Å². The highest BCUT2D eigenvalue weighted by atomic mass is 16.7. The van der Waals surface area contributed by atoms with Gasteiger partial charge in [-0.25, -0.2) is 0 Å². The molecule has 1 saturated carbocycles. The van der Waals surface area contributed by atoms with Crippen LogP contribution in [-0.2, 0) is 14.3 Å². The molecule has 1 heterocycles. The lowest BCUT2D eigenvalue weighted by atomic mass is 9.88. The average Bonchev–Trinajstić information content (AvgIpc) is 3.04. The molecule has 5 unspecified atom stereocenters. The first-order chi connectivity index (χ1) is 14.7. The number of rotatable bonds is 15. The fourth-order valence-corrected chi connectivity index (χ4v) is 4.75. The lowest BCUT2D eigenvalue weighted by molar-refractivity contribution is -0.203. The van der Waals surface area contributed by atoms with Gasteiger partial charge in [0.15, 0.2) is 12.1 Å². The number of carbonyl (C=O) groups is 1. The Balaban J connectivity index is 1.88. The molecule has 0 aromatic carbocycles. The highest BCUT2D eigenvalue weighted by molar-refractivity contribution is 5.89. The minimum atomic E-state index is -0.502. The Hall–Kier alpha value is -0.750. The van der Waals surface area contributed by atoms with E-state index in [-0.39, 0.29) is 36.6 Å². The van der Waals surface area contributed by atoms with Crippen LogP contribution in [0.3, 0.4) is 0 Å². The summed E-state index contributed by atoms with van der Waals surface area (Å²) in [6, 6.07) is 0. The highest BCUT2D eigenvalue weighted by Gasteiger charge is 2.42. The van der Waals surface area contributed by atoms with Crippen LogP contribution in [0.15, 0.2) is 12.2 Å². The Morgan fingerprint density at radius 2 is 1.90 bits per heavy atom. The van der Waals surface area contributed by atoms with Gasteiger partial charge in [0.1, 0.15) is 0 Å². The predicted molar refractivity (Wildman–Crippen MR) is 119 cm³/mol. The van der Waals surface area contributed by atoms with Gasteiger partial charge in [-0.3, -0.25) is 4.79 Å². The number of aliphatic hydroxyl groups is 2. The van der Waals surface area contributed by atoms with Crippen molar-refractivity contribution in [1.82, 2.24) is 0 Å². The molecule has 5 atom stereocenters. The molecule has 0 amide bonds. The van der Waals surface area contributed by atoms with E-state index in [4.69, 9.17) is 14.6 Å². The topological polar surface area (TPSA) is 76.0 Å². The maximum Gasteiger partial charge on any atom is 0.158 e. The van der Waals surface area contributed by atoms with Crippen molar-refractivity contribution >= 4 is 5.78 Å². The van der Waals surface area contributed by atoms with E-state index in [1.807, 2.05) is 6.08 Å². The van der Waals surface area contributed by atoms with E-state index >= 15 is 0 Å². The lowest BCUT2D eigenvalue weighted by Crippen LogP contribution is -2.34. The average molecular weight is 425 g/mol. The summed E-state index contributed by atoms with van der Waals surface area (Å²) in [5, 5.41) is 19.9. The van der Waals surface area contributed by atoms with Crippen LogP contribution in [0.1, 0.15) is 96.8 Å². The molecule has 1 aliphatic heterocycles. The quantitative estimate of drug-likeness (QED) is 0.288. The summed E-state index contributed by atoms with van der Waals surface area (Å²) in [6.45, 7) is 3.15. The van der Waals surface area contributed by atoms with Gasteiger partial charge >= 0.3 is 0 Å². The third-order valence-electron chi connectivity index (χ3n) is 6.59. The summed E-state index contributed by atoms with van der Waals surface area (Å²) in [5.74, 6) is 0.512. The van der Waals surface area contributed by atoms with E-state index in [0.29, 0.717) is 6.42 Å². The van der Waals surface area contributed by atoms with Gasteiger partial charge in [0.25, 0.3) is 0 Å². The van der Waals surface area contributed by atoms with E-state index in [2.05, 4.69) is 6.92 Å². The van der Waals surface area contributed by atoms with E-state index in [9.17, 15) is 9.90 Å². The third-order valence-corrected chi connectivity index (χ3v) is 6.59. The number of allylic oxidation sites excluding steroid dienone is 2. The number of carbonyl (C=O) groups excluding carboxylic acids is 1. The standard InChI is InChI=1S/C25H44O5/c1-2-3-7-12-21(27)16-15-20-19-23(30-24-14-9-11-18-29-24)25(28)22(20)13-8-5-4-6-10-17-26/h15-16,20,22-26,28H,2-14,17-19H2,1H3. The van der Waals surface area contributed by atoms with Crippen LogP contribution in [0, 0.1) is 11.8 Å². The molecule has 0 aromatic heterocycles. The summed E-state index contributed by atoms with van der Waals surface area (Å²) in [6.07, 6.45) is 16.7. The van der Waals surface area contributed by atoms with Crippen LogP contribution in [0.4, 0.5) is 0 Å². The van der Waals surface area contributed by atoms with Crippen LogP contribution in [0.25, 0.3) is 0 Å². The van der Waals surface area contributed by atoms with Crippen molar-refractivity contribution in [3.8, 4) is 0 Å². The molecule has 2 aliphatic rings. The van der Waals surface area contributed by atoms with Gasteiger partial charge in [0, 0.05) is 19.6 Å². The normalized spacial score (nSPS) is 29.6. The minimum Gasteiger partial charge on any atom is -0.396 e. The molecule has 1 aliphatic carbocycles. The molecule has 5 heteroatoms. The van der Waals surface area contributed by atoms with Crippen molar-refractivity contribution in [1.29, 1.82) is 0 Å². The Labute approximate surface area is 183 Å². The zero-order valence-electron chi connectivity index (χ0n) is 19.0. The van der Waals surface area contributed by atoms with E-state index in [1.165, 1.54) is 0 Å². The number of unbranched alkanes of at least 4 members (excludes halogenated alkanes) is 6. The molecule has 0 aromatic rings. The zero-order valence-corrected chi connectivity index (χ0v) is 19.0. The fraction of sp³-hybridized carbons (Fsp3) is 0.880. The summed E-state index contributed by atoms with van der Waals surface area (Å²) < 4.78 is 11.9. The summed E-state index contributed by atoms with van der Waals surface area (Å²) in [7, 11) is 0. The molecule has 2 rings (SSSR count). The number of aliphatic hydroxyl groups excluding tert-OH is 2. The van der Waals surface area contributed by atoms with Crippen molar-refractivity contribution < 1.29 is 24.5 Å². The van der Waals surface area contributed by atoms with E-state index < -0.39 is 6.10 Å². The molecular formula is C25H44O5. The largest absolute Gasteiger partial charge is 0.396 e. The van der Waals surface area contributed by atoms with Gasteiger partial charge in [-0.2, -0.15) is 0 Å².